The molecule has 6 nitrogen and oxygen atoms in total. The second-order valence-electron chi connectivity index (χ2n) is 9.79. The number of thiazole rings is 1. The highest BCUT2D eigenvalue weighted by Gasteiger charge is 2.57. The molecule has 1 fully saturated rings. The Morgan fingerprint density at radius 1 is 1.24 bits per heavy atom. The SMILES string of the molecule is C/C(=C\c1csc(C)n1)[C@@H]1C/C=C\CCC[C@H](C)[C@@H](O)[C@H](C)C(=O)C2(CC2)[C@@H](O)CC(=O)O1. The van der Waals surface area contributed by atoms with Crippen molar-refractivity contribution in [3.63, 3.8) is 0 Å². The third kappa shape index (κ3) is 6.40. The van der Waals surface area contributed by atoms with Crippen LogP contribution in [0.25, 0.3) is 6.08 Å². The van der Waals surface area contributed by atoms with E-state index in [4.69, 9.17) is 4.74 Å². The number of ether oxygens (including phenoxy) is 1. The van der Waals surface area contributed by atoms with Crippen molar-refractivity contribution in [3.05, 3.63) is 33.8 Å². The number of aryl methyl sites for hydroxylation is 1. The van der Waals surface area contributed by atoms with Crippen molar-refractivity contribution < 1.29 is 24.5 Å². The lowest BCUT2D eigenvalue weighted by Gasteiger charge is -2.29. The molecule has 1 saturated carbocycles. The summed E-state index contributed by atoms with van der Waals surface area (Å²) in [6.45, 7) is 7.58. The fraction of sp³-hybridized carbons (Fsp3) is 0.654. The molecule has 1 aromatic rings. The topological polar surface area (TPSA) is 96.7 Å². The Labute approximate surface area is 200 Å². The number of aliphatic hydroxyl groups is 2. The monoisotopic (exact) mass is 475 g/mol. The zero-order chi connectivity index (χ0) is 24.2. The summed E-state index contributed by atoms with van der Waals surface area (Å²) in [5.41, 5.74) is 0.789. The molecule has 1 spiro atoms. The average molecular weight is 476 g/mol. The first kappa shape index (κ1) is 25.8. The molecule has 0 radical (unpaired) electrons. The largest absolute Gasteiger partial charge is 0.457 e. The molecule has 1 aliphatic heterocycles. The number of allylic oxidation sites excluding steroid dienone is 1. The molecule has 0 unspecified atom stereocenters. The Hall–Kier alpha value is -1.83. The number of aliphatic hydroxyl groups excluding tert-OH is 2. The van der Waals surface area contributed by atoms with Gasteiger partial charge in [-0.3, -0.25) is 9.59 Å². The molecule has 0 amide bonds. The number of nitrogens with zero attached hydrogens (tertiary/aromatic N) is 1. The Bertz CT molecular complexity index is 900. The number of hydrogen-bond donors (Lipinski definition) is 2. The number of ketones is 1. The number of carbonyl (C=O) groups is 2. The van der Waals surface area contributed by atoms with E-state index in [-0.39, 0.29) is 18.1 Å². The van der Waals surface area contributed by atoms with E-state index in [2.05, 4.69) is 11.1 Å². The lowest BCUT2D eigenvalue weighted by molar-refractivity contribution is -0.152. The zero-order valence-corrected chi connectivity index (χ0v) is 20.9. The van der Waals surface area contributed by atoms with Gasteiger partial charge in [0, 0.05) is 17.7 Å². The molecule has 0 saturated heterocycles. The van der Waals surface area contributed by atoms with E-state index in [0.29, 0.717) is 19.3 Å². The number of carbonyl (C=O) groups excluding carboxylic acids is 2. The minimum Gasteiger partial charge on any atom is -0.457 e. The molecular weight excluding hydrogens is 438 g/mol. The highest BCUT2D eigenvalue weighted by Crippen LogP contribution is 2.52. The Morgan fingerprint density at radius 2 is 1.97 bits per heavy atom. The quantitative estimate of drug-likeness (QED) is 0.478. The molecule has 1 aromatic heterocycles. The van der Waals surface area contributed by atoms with Crippen molar-refractivity contribution in [1.29, 1.82) is 0 Å². The number of hydrogen-bond acceptors (Lipinski definition) is 7. The van der Waals surface area contributed by atoms with Crippen molar-refractivity contribution in [2.45, 2.75) is 91.0 Å². The third-order valence-electron chi connectivity index (χ3n) is 7.13. The molecule has 33 heavy (non-hydrogen) atoms. The minimum atomic E-state index is -1.10. The molecule has 2 heterocycles. The second-order valence-corrected chi connectivity index (χ2v) is 10.9. The molecule has 5 atom stereocenters. The van der Waals surface area contributed by atoms with E-state index in [1.165, 1.54) is 0 Å². The number of cyclic esters (lactones) is 1. The first-order valence-electron chi connectivity index (χ1n) is 12.0. The van der Waals surface area contributed by atoms with Gasteiger partial charge in [0.15, 0.2) is 0 Å². The predicted octanol–water partition coefficient (Wildman–Crippen LogP) is 4.63. The van der Waals surface area contributed by atoms with Crippen LogP contribution in [0, 0.1) is 24.2 Å². The highest BCUT2D eigenvalue weighted by atomic mass is 32.1. The Balaban J connectivity index is 1.80. The summed E-state index contributed by atoms with van der Waals surface area (Å²) in [6, 6.07) is 0. The van der Waals surface area contributed by atoms with Crippen LogP contribution in [0.2, 0.25) is 0 Å². The molecular formula is C26H37NO5S. The van der Waals surface area contributed by atoms with Gasteiger partial charge in [-0.1, -0.05) is 26.0 Å². The van der Waals surface area contributed by atoms with Crippen molar-refractivity contribution in [1.82, 2.24) is 4.98 Å². The summed E-state index contributed by atoms with van der Waals surface area (Å²) in [5.74, 6) is -1.24. The van der Waals surface area contributed by atoms with Crippen LogP contribution in [-0.4, -0.2) is 45.3 Å². The second kappa shape index (κ2) is 11.1. The average Bonchev–Trinajstić information content (AvgIpc) is 3.49. The molecule has 2 aliphatic rings. The minimum absolute atomic E-state index is 0.0114. The van der Waals surface area contributed by atoms with Crippen LogP contribution in [-0.2, 0) is 14.3 Å². The van der Waals surface area contributed by atoms with Crippen LogP contribution < -0.4 is 0 Å². The highest BCUT2D eigenvalue weighted by molar-refractivity contribution is 7.09. The lowest BCUT2D eigenvalue weighted by atomic mass is 9.79. The summed E-state index contributed by atoms with van der Waals surface area (Å²) in [7, 11) is 0. The van der Waals surface area contributed by atoms with E-state index in [0.717, 1.165) is 35.5 Å². The maximum Gasteiger partial charge on any atom is 0.309 e. The van der Waals surface area contributed by atoms with Crippen LogP contribution in [0.15, 0.2) is 23.1 Å². The van der Waals surface area contributed by atoms with E-state index in [1.54, 1.807) is 18.3 Å². The smallest absolute Gasteiger partial charge is 0.309 e. The number of rotatable bonds is 2. The van der Waals surface area contributed by atoms with Crippen molar-refractivity contribution in [2.24, 2.45) is 17.3 Å². The molecule has 7 heteroatoms. The number of esters is 1. The normalized spacial score (nSPS) is 33.0. The van der Waals surface area contributed by atoms with Gasteiger partial charge in [-0.15, -0.1) is 11.3 Å². The van der Waals surface area contributed by atoms with Gasteiger partial charge in [0.05, 0.1) is 34.7 Å². The van der Waals surface area contributed by atoms with Crippen LogP contribution in [0.4, 0.5) is 0 Å². The van der Waals surface area contributed by atoms with Gasteiger partial charge >= 0.3 is 5.97 Å². The molecule has 0 bridgehead atoms. The van der Waals surface area contributed by atoms with Gasteiger partial charge in [-0.05, 0) is 63.5 Å². The zero-order valence-electron chi connectivity index (χ0n) is 20.1. The summed E-state index contributed by atoms with van der Waals surface area (Å²) >= 11 is 1.57. The van der Waals surface area contributed by atoms with E-state index >= 15 is 0 Å². The van der Waals surface area contributed by atoms with E-state index in [1.807, 2.05) is 38.3 Å². The fourth-order valence-electron chi connectivity index (χ4n) is 4.71. The van der Waals surface area contributed by atoms with Crippen LogP contribution in [0.1, 0.15) is 76.4 Å². The van der Waals surface area contributed by atoms with Gasteiger partial charge in [0.2, 0.25) is 0 Å². The van der Waals surface area contributed by atoms with E-state index < -0.39 is 35.6 Å². The molecule has 3 rings (SSSR count). The van der Waals surface area contributed by atoms with Gasteiger partial charge in [0.25, 0.3) is 0 Å². The van der Waals surface area contributed by atoms with Crippen LogP contribution >= 0.6 is 11.3 Å². The van der Waals surface area contributed by atoms with Gasteiger partial charge in [-0.2, -0.15) is 0 Å². The standard InChI is InChI=1S/C26H37NO5S/c1-16-9-7-5-6-8-10-21(17(2)13-20-15-33-19(4)27-20)32-23(29)14-22(28)26(11-12-26)25(31)18(3)24(16)30/h6,8,13,15-16,18,21-22,24,28,30H,5,7,9-12,14H2,1-4H3/b8-6-,17-13+/t16-,18-,21-,22-,24+/m0/s1. The van der Waals surface area contributed by atoms with Gasteiger partial charge in [-0.25, -0.2) is 4.98 Å². The Morgan fingerprint density at radius 3 is 2.61 bits per heavy atom. The summed E-state index contributed by atoms with van der Waals surface area (Å²) in [5, 5.41) is 24.5. The first-order chi connectivity index (χ1) is 15.6. The summed E-state index contributed by atoms with van der Waals surface area (Å²) < 4.78 is 5.78. The van der Waals surface area contributed by atoms with Crippen molar-refractivity contribution in [3.8, 4) is 0 Å². The van der Waals surface area contributed by atoms with E-state index in [9.17, 15) is 19.8 Å². The van der Waals surface area contributed by atoms with Crippen LogP contribution in [0.5, 0.6) is 0 Å². The molecule has 0 aromatic carbocycles. The summed E-state index contributed by atoms with van der Waals surface area (Å²) in [4.78, 5) is 30.4. The van der Waals surface area contributed by atoms with Gasteiger partial charge in [0.1, 0.15) is 11.9 Å². The van der Waals surface area contributed by atoms with Crippen molar-refractivity contribution in [2.75, 3.05) is 0 Å². The molecule has 2 N–H and O–H groups in total. The van der Waals surface area contributed by atoms with Gasteiger partial charge < -0.3 is 14.9 Å². The number of Topliss-reactive ketones (excluding diaryl/α,β-unsaturated/α-hetero) is 1. The maximum atomic E-state index is 13.2. The van der Waals surface area contributed by atoms with Crippen LogP contribution in [0.3, 0.4) is 0 Å². The lowest BCUT2D eigenvalue weighted by Crippen LogP contribution is -2.41. The molecule has 182 valence electrons. The molecule has 1 aliphatic carbocycles. The Kier molecular flexibility index (Phi) is 8.65. The fourth-order valence-corrected chi connectivity index (χ4v) is 5.28. The number of aromatic nitrogens is 1. The first-order valence-corrected chi connectivity index (χ1v) is 12.9. The predicted molar refractivity (Wildman–Crippen MR) is 130 cm³/mol. The summed E-state index contributed by atoms with van der Waals surface area (Å²) in [6.07, 6.45) is 7.70. The third-order valence-corrected chi connectivity index (χ3v) is 7.92. The maximum absolute atomic E-state index is 13.2. The van der Waals surface area contributed by atoms with Crippen molar-refractivity contribution >= 4 is 29.2 Å².